The number of hydrogen-bond acceptors (Lipinski definition) is 1. The van der Waals surface area contributed by atoms with E-state index in [-0.39, 0.29) is 5.60 Å². The SMILES string of the molecule is CC(C)C(C)(C)Oc1ccccc1Cl. The number of benzene rings is 1. The van der Waals surface area contributed by atoms with Crippen LogP contribution in [0.15, 0.2) is 24.3 Å². The van der Waals surface area contributed by atoms with Crippen LogP contribution in [0.1, 0.15) is 27.7 Å². The highest BCUT2D eigenvalue weighted by Crippen LogP contribution is 2.30. The zero-order chi connectivity index (χ0) is 10.8. The highest BCUT2D eigenvalue weighted by atomic mass is 35.5. The van der Waals surface area contributed by atoms with Crippen LogP contribution in [0.3, 0.4) is 0 Å². The van der Waals surface area contributed by atoms with E-state index in [1.54, 1.807) is 0 Å². The summed E-state index contributed by atoms with van der Waals surface area (Å²) in [5, 5.41) is 0.668. The minimum Gasteiger partial charge on any atom is -0.486 e. The lowest BCUT2D eigenvalue weighted by molar-refractivity contribution is 0.0601. The number of halogens is 1. The van der Waals surface area contributed by atoms with Crippen molar-refractivity contribution in [2.75, 3.05) is 0 Å². The molecule has 0 aromatic heterocycles. The van der Waals surface area contributed by atoms with Crippen LogP contribution in [0, 0.1) is 5.92 Å². The minimum absolute atomic E-state index is 0.189. The molecule has 78 valence electrons. The maximum Gasteiger partial charge on any atom is 0.138 e. The first-order valence-corrected chi connectivity index (χ1v) is 5.25. The molecule has 0 saturated heterocycles. The lowest BCUT2D eigenvalue weighted by Crippen LogP contribution is -2.34. The maximum absolute atomic E-state index is 6.01. The summed E-state index contributed by atoms with van der Waals surface area (Å²) in [5.74, 6) is 1.20. The first kappa shape index (κ1) is 11.4. The molecule has 0 spiro atoms. The molecule has 1 aromatic rings. The standard InChI is InChI=1S/C12H17ClO/c1-9(2)12(3,4)14-11-8-6-5-7-10(11)13/h5-9H,1-4H3. The Hall–Kier alpha value is -0.690. The molecule has 0 aliphatic rings. The Morgan fingerprint density at radius 1 is 1.21 bits per heavy atom. The van der Waals surface area contributed by atoms with E-state index in [1.807, 2.05) is 24.3 Å². The van der Waals surface area contributed by atoms with Crippen LogP contribution in [0.25, 0.3) is 0 Å². The van der Waals surface area contributed by atoms with Crippen LogP contribution >= 0.6 is 11.6 Å². The molecular weight excluding hydrogens is 196 g/mol. The molecule has 0 aliphatic carbocycles. The average Bonchev–Trinajstić information content (AvgIpc) is 2.08. The quantitative estimate of drug-likeness (QED) is 0.732. The number of hydrogen-bond donors (Lipinski definition) is 0. The molecule has 0 radical (unpaired) electrons. The van der Waals surface area contributed by atoms with Crippen LogP contribution in [0.4, 0.5) is 0 Å². The largest absolute Gasteiger partial charge is 0.486 e. The molecule has 0 bridgehead atoms. The Bertz CT molecular complexity index is 305. The Kier molecular flexibility index (Phi) is 3.43. The van der Waals surface area contributed by atoms with Gasteiger partial charge in [0, 0.05) is 0 Å². The summed E-state index contributed by atoms with van der Waals surface area (Å²) in [5.41, 5.74) is -0.189. The second-order valence-electron chi connectivity index (χ2n) is 4.29. The van der Waals surface area contributed by atoms with E-state index in [0.29, 0.717) is 10.9 Å². The van der Waals surface area contributed by atoms with Gasteiger partial charge in [0.25, 0.3) is 0 Å². The summed E-state index contributed by atoms with van der Waals surface area (Å²) in [6.07, 6.45) is 0. The number of rotatable bonds is 3. The highest BCUT2D eigenvalue weighted by molar-refractivity contribution is 6.32. The summed E-state index contributed by atoms with van der Waals surface area (Å²) in [6, 6.07) is 7.56. The molecule has 1 nitrogen and oxygen atoms in total. The van der Waals surface area contributed by atoms with Gasteiger partial charge in [-0.1, -0.05) is 37.6 Å². The van der Waals surface area contributed by atoms with Crippen LogP contribution in [-0.2, 0) is 0 Å². The topological polar surface area (TPSA) is 9.23 Å². The summed E-state index contributed by atoms with van der Waals surface area (Å²) in [7, 11) is 0. The molecule has 0 atom stereocenters. The van der Waals surface area contributed by atoms with E-state index in [1.165, 1.54) is 0 Å². The predicted molar refractivity (Wildman–Crippen MR) is 61.0 cm³/mol. The fraction of sp³-hybridized carbons (Fsp3) is 0.500. The summed E-state index contributed by atoms with van der Waals surface area (Å²) in [6.45, 7) is 8.41. The van der Waals surface area contributed by atoms with E-state index in [9.17, 15) is 0 Å². The van der Waals surface area contributed by atoms with Crippen LogP contribution in [-0.4, -0.2) is 5.60 Å². The van der Waals surface area contributed by atoms with Crippen molar-refractivity contribution in [2.24, 2.45) is 5.92 Å². The van der Waals surface area contributed by atoms with Gasteiger partial charge in [-0.2, -0.15) is 0 Å². The molecule has 0 heterocycles. The normalized spacial score (nSPS) is 11.9. The smallest absolute Gasteiger partial charge is 0.138 e. The molecule has 0 N–H and O–H groups in total. The number of ether oxygens (including phenoxy) is 1. The fourth-order valence-corrected chi connectivity index (χ4v) is 1.10. The van der Waals surface area contributed by atoms with Crippen molar-refractivity contribution in [1.29, 1.82) is 0 Å². The van der Waals surface area contributed by atoms with Gasteiger partial charge in [0.05, 0.1) is 5.02 Å². The van der Waals surface area contributed by atoms with Crippen molar-refractivity contribution in [1.82, 2.24) is 0 Å². The van der Waals surface area contributed by atoms with Gasteiger partial charge in [-0.25, -0.2) is 0 Å². The third kappa shape index (κ3) is 2.65. The summed E-state index contributed by atoms with van der Waals surface area (Å²) in [4.78, 5) is 0. The number of para-hydroxylation sites is 1. The average molecular weight is 213 g/mol. The Morgan fingerprint density at radius 3 is 2.29 bits per heavy atom. The zero-order valence-electron chi connectivity index (χ0n) is 9.17. The third-order valence-corrected chi connectivity index (χ3v) is 2.91. The Morgan fingerprint density at radius 2 is 1.79 bits per heavy atom. The van der Waals surface area contributed by atoms with Gasteiger partial charge in [0.15, 0.2) is 0 Å². The first-order chi connectivity index (χ1) is 6.43. The van der Waals surface area contributed by atoms with E-state index >= 15 is 0 Å². The third-order valence-electron chi connectivity index (χ3n) is 2.60. The molecule has 1 aromatic carbocycles. The van der Waals surface area contributed by atoms with E-state index in [4.69, 9.17) is 16.3 Å². The van der Waals surface area contributed by atoms with Gasteiger partial charge in [0.1, 0.15) is 11.4 Å². The van der Waals surface area contributed by atoms with Crippen LogP contribution in [0.2, 0.25) is 5.02 Å². The summed E-state index contributed by atoms with van der Waals surface area (Å²) < 4.78 is 5.86. The predicted octanol–water partition coefficient (Wildman–Crippen LogP) is 4.15. The van der Waals surface area contributed by atoms with E-state index in [0.717, 1.165) is 5.75 Å². The van der Waals surface area contributed by atoms with Crippen molar-refractivity contribution in [3.8, 4) is 5.75 Å². The van der Waals surface area contributed by atoms with Crippen molar-refractivity contribution >= 4 is 11.6 Å². The van der Waals surface area contributed by atoms with Crippen molar-refractivity contribution < 1.29 is 4.74 Å². The Labute approximate surface area is 91.0 Å². The van der Waals surface area contributed by atoms with Gasteiger partial charge in [-0.05, 0) is 31.9 Å². The molecule has 2 heteroatoms. The van der Waals surface area contributed by atoms with E-state index < -0.39 is 0 Å². The van der Waals surface area contributed by atoms with Crippen molar-refractivity contribution in [2.45, 2.75) is 33.3 Å². The van der Waals surface area contributed by atoms with Gasteiger partial charge in [0.2, 0.25) is 0 Å². The Balaban J connectivity index is 2.84. The fourth-order valence-electron chi connectivity index (χ4n) is 0.929. The van der Waals surface area contributed by atoms with E-state index in [2.05, 4.69) is 27.7 Å². The molecule has 0 amide bonds. The van der Waals surface area contributed by atoms with Crippen molar-refractivity contribution in [3.05, 3.63) is 29.3 Å². The molecule has 0 aliphatic heterocycles. The maximum atomic E-state index is 6.01. The lowest BCUT2D eigenvalue weighted by atomic mass is 9.94. The van der Waals surface area contributed by atoms with Crippen LogP contribution < -0.4 is 4.74 Å². The second kappa shape index (κ2) is 4.22. The van der Waals surface area contributed by atoms with Crippen LogP contribution in [0.5, 0.6) is 5.75 Å². The van der Waals surface area contributed by atoms with Gasteiger partial charge < -0.3 is 4.74 Å². The van der Waals surface area contributed by atoms with Gasteiger partial charge in [-0.3, -0.25) is 0 Å². The molecular formula is C12H17ClO. The second-order valence-corrected chi connectivity index (χ2v) is 4.70. The minimum atomic E-state index is -0.189. The molecule has 0 saturated carbocycles. The molecule has 14 heavy (non-hydrogen) atoms. The summed E-state index contributed by atoms with van der Waals surface area (Å²) >= 11 is 6.01. The molecule has 0 fully saturated rings. The lowest BCUT2D eigenvalue weighted by Gasteiger charge is -2.30. The monoisotopic (exact) mass is 212 g/mol. The highest BCUT2D eigenvalue weighted by Gasteiger charge is 2.24. The molecule has 0 unspecified atom stereocenters. The van der Waals surface area contributed by atoms with Gasteiger partial charge in [-0.15, -0.1) is 0 Å². The van der Waals surface area contributed by atoms with Gasteiger partial charge >= 0.3 is 0 Å². The zero-order valence-corrected chi connectivity index (χ0v) is 9.93. The van der Waals surface area contributed by atoms with Crippen molar-refractivity contribution in [3.63, 3.8) is 0 Å². The molecule has 1 rings (SSSR count). The first-order valence-electron chi connectivity index (χ1n) is 4.87.